The molecule has 16 heavy (non-hydrogen) atoms. The Kier molecular flexibility index (Phi) is 5.00. The van der Waals surface area contributed by atoms with Gasteiger partial charge in [0, 0.05) is 5.69 Å². The molecule has 1 unspecified atom stereocenters. The van der Waals surface area contributed by atoms with Crippen LogP contribution in [0.2, 0.25) is 0 Å². The minimum absolute atomic E-state index is 0.483. The maximum absolute atomic E-state index is 4.60. The maximum atomic E-state index is 4.60. The van der Waals surface area contributed by atoms with Crippen molar-refractivity contribution in [3.8, 4) is 0 Å². The van der Waals surface area contributed by atoms with E-state index in [9.17, 15) is 0 Å². The molecule has 0 amide bonds. The fourth-order valence-corrected chi connectivity index (χ4v) is 1.91. The smallest absolute Gasteiger partial charge is 0.0625 e. The summed E-state index contributed by atoms with van der Waals surface area (Å²) in [7, 11) is 0. The third-order valence-electron chi connectivity index (χ3n) is 3.27. The van der Waals surface area contributed by atoms with E-state index in [2.05, 4.69) is 49.7 Å². The third-order valence-corrected chi connectivity index (χ3v) is 3.27. The Labute approximate surface area is 99.2 Å². The zero-order valence-corrected chi connectivity index (χ0v) is 11.3. The van der Waals surface area contributed by atoms with Gasteiger partial charge in [-0.1, -0.05) is 6.92 Å². The lowest BCUT2D eigenvalue weighted by Crippen LogP contribution is -2.20. The Morgan fingerprint density at radius 3 is 2.44 bits per heavy atom. The molecule has 0 aromatic carbocycles. The number of nitrogens with one attached hydrogen (secondary N) is 1. The van der Waals surface area contributed by atoms with Crippen molar-refractivity contribution >= 4 is 0 Å². The molecule has 1 aromatic rings. The molecule has 1 atom stereocenters. The van der Waals surface area contributed by atoms with Crippen LogP contribution in [0, 0.1) is 20.8 Å². The van der Waals surface area contributed by atoms with E-state index < -0.39 is 0 Å². The summed E-state index contributed by atoms with van der Waals surface area (Å²) in [5.41, 5.74) is 3.79. The summed E-state index contributed by atoms with van der Waals surface area (Å²) < 4.78 is 2.16. The van der Waals surface area contributed by atoms with Crippen LogP contribution in [-0.2, 0) is 0 Å². The van der Waals surface area contributed by atoms with Crippen molar-refractivity contribution in [1.82, 2.24) is 15.1 Å². The largest absolute Gasteiger partial charge is 0.317 e. The molecular formula is C13H25N3. The summed E-state index contributed by atoms with van der Waals surface area (Å²) in [5.74, 6) is 0. The van der Waals surface area contributed by atoms with Crippen LogP contribution in [0.15, 0.2) is 0 Å². The number of hydrogen-bond acceptors (Lipinski definition) is 2. The second kappa shape index (κ2) is 6.04. The first-order chi connectivity index (χ1) is 7.57. The van der Waals surface area contributed by atoms with Gasteiger partial charge in [0.2, 0.25) is 0 Å². The van der Waals surface area contributed by atoms with E-state index >= 15 is 0 Å². The van der Waals surface area contributed by atoms with Gasteiger partial charge in [0.25, 0.3) is 0 Å². The molecule has 0 bridgehead atoms. The van der Waals surface area contributed by atoms with Crippen molar-refractivity contribution in [3.63, 3.8) is 0 Å². The highest BCUT2D eigenvalue weighted by Crippen LogP contribution is 2.17. The van der Waals surface area contributed by atoms with Gasteiger partial charge in [-0.25, -0.2) is 0 Å². The van der Waals surface area contributed by atoms with E-state index in [4.69, 9.17) is 0 Å². The molecule has 3 heteroatoms. The molecule has 0 aliphatic carbocycles. The predicted molar refractivity (Wildman–Crippen MR) is 68.9 cm³/mol. The van der Waals surface area contributed by atoms with Crippen LogP contribution in [0.4, 0.5) is 0 Å². The van der Waals surface area contributed by atoms with Crippen LogP contribution in [-0.4, -0.2) is 22.9 Å². The van der Waals surface area contributed by atoms with Crippen molar-refractivity contribution < 1.29 is 0 Å². The van der Waals surface area contributed by atoms with Gasteiger partial charge in [-0.05, 0) is 59.2 Å². The molecule has 1 rings (SSSR count). The van der Waals surface area contributed by atoms with Gasteiger partial charge in [-0.15, -0.1) is 0 Å². The van der Waals surface area contributed by atoms with Crippen molar-refractivity contribution in [2.75, 3.05) is 13.1 Å². The van der Waals surface area contributed by atoms with Gasteiger partial charge < -0.3 is 5.32 Å². The second-order valence-corrected chi connectivity index (χ2v) is 4.63. The van der Waals surface area contributed by atoms with Gasteiger partial charge in [0.05, 0.1) is 11.7 Å². The molecule has 0 aliphatic rings. The predicted octanol–water partition coefficient (Wildman–Crippen LogP) is 2.76. The van der Waals surface area contributed by atoms with E-state index in [1.54, 1.807) is 0 Å². The Balaban J connectivity index is 2.52. The zero-order chi connectivity index (χ0) is 12.1. The summed E-state index contributed by atoms with van der Waals surface area (Å²) >= 11 is 0. The van der Waals surface area contributed by atoms with Crippen LogP contribution in [0.3, 0.4) is 0 Å². The van der Waals surface area contributed by atoms with Gasteiger partial charge in [0.15, 0.2) is 0 Å². The fraction of sp³-hybridized carbons (Fsp3) is 0.769. The molecule has 0 saturated heterocycles. The molecule has 1 heterocycles. The van der Waals surface area contributed by atoms with Crippen molar-refractivity contribution in [3.05, 3.63) is 17.0 Å². The van der Waals surface area contributed by atoms with Crippen LogP contribution in [0.1, 0.15) is 49.7 Å². The monoisotopic (exact) mass is 223 g/mol. The van der Waals surface area contributed by atoms with E-state index in [0.717, 1.165) is 25.2 Å². The van der Waals surface area contributed by atoms with Gasteiger partial charge in [-0.3, -0.25) is 4.68 Å². The van der Waals surface area contributed by atoms with Gasteiger partial charge >= 0.3 is 0 Å². The highest BCUT2D eigenvalue weighted by Gasteiger charge is 2.12. The summed E-state index contributed by atoms with van der Waals surface area (Å²) in [6.07, 6.45) is 2.34. The Hall–Kier alpha value is -0.830. The van der Waals surface area contributed by atoms with Gasteiger partial charge in [-0.2, -0.15) is 5.10 Å². The Morgan fingerprint density at radius 1 is 1.25 bits per heavy atom. The number of aryl methyl sites for hydroxylation is 1. The number of rotatable bonds is 6. The second-order valence-electron chi connectivity index (χ2n) is 4.63. The molecule has 0 saturated carbocycles. The Bertz CT molecular complexity index is 328. The number of nitrogens with zero attached hydrogens (tertiary/aromatic N) is 2. The van der Waals surface area contributed by atoms with Crippen molar-refractivity contribution in [2.45, 2.75) is 53.5 Å². The molecule has 0 radical (unpaired) electrons. The quantitative estimate of drug-likeness (QED) is 0.752. The van der Waals surface area contributed by atoms with E-state index in [1.165, 1.54) is 17.7 Å². The standard InChI is InChI=1S/C13H25N3/c1-6-8-14-9-7-10(2)16-13(5)11(3)12(4)15-16/h10,14H,6-9H2,1-5H3. The average molecular weight is 223 g/mol. The minimum Gasteiger partial charge on any atom is -0.317 e. The lowest BCUT2D eigenvalue weighted by Gasteiger charge is -2.14. The lowest BCUT2D eigenvalue weighted by molar-refractivity contribution is 0.434. The van der Waals surface area contributed by atoms with Crippen LogP contribution in [0.5, 0.6) is 0 Å². The SMILES string of the molecule is CCCNCCC(C)n1nc(C)c(C)c1C. The summed E-state index contributed by atoms with van der Waals surface area (Å²) in [4.78, 5) is 0. The van der Waals surface area contributed by atoms with Crippen molar-refractivity contribution in [1.29, 1.82) is 0 Å². The first-order valence-corrected chi connectivity index (χ1v) is 6.31. The van der Waals surface area contributed by atoms with Gasteiger partial charge in [0.1, 0.15) is 0 Å². The van der Waals surface area contributed by atoms with Crippen LogP contribution >= 0.6 is 0 Å². The summed E-state index contributed by atoms with van der Waals surface area (Å²) in [6, 6.07) is 0.483. The summed E-state index contributed by atoms with van der Waals surface area (Å²) in [5, 5.41) is 8.03. The first kappa shape index (κ1) is 13.2. The number of hydrogen-bond donors (Lipinski definition) is 1. The molecule has 1 aromatic heterocycles. The third kappa shape index (κ3) is 3.08. The molecule has 0 fully saturated rings. The minimum atomic E-state index is 0.483. The first-order valence-electron chi connectivity index (χ1n) is 6.31. The maximum Gasteiger partial charge on any atom is 0.0625 e. The lowest BCUT2D eigenvalue weighted by atomic mass is 10.2. The highest BCUT2D eigenvalue weighted by atomic mass is 15.3. The molecule has 0 aliphatic heterocycles. The molecular weight excluding hydrogens is 198 g/mol. The van der Waals surface area contributed by atoms with E-state index in [1.807, 2.05) is 0 Å². The van der Waals surface area contributed by atoms with Crippen LogP contribution in [0.25, 0.3) is 0 Å². The van der Waals surface area contributed by atoms with E-state index in [0.29, 0.717) is 6.04 Å². The fourth-order valence-electron chi connectivity index (χ4n) is 1.91. The van der Waals surface area contributed by atoms with Crippen LogP contribution < -0.4 is 5.32 Å². The van der Waals surface area contributed by atoms with E-state index in [-0.39, 0.29) is 0 Å². The Morgan fingerprint density at radius 2 is 1.94 bits per heavy atom. The molecule has 92 valence electrons. The average Bonchev–Trinajstić information content (AvgIpc) is 2.52. The zero-order valence-electron chi connectivity index (χ0n) is 11.3. The molecule has 1 N–H and O–H groups in total. The molecule has 3 nitrogen and oxygen atoms in total. The topological polar surface area (TPSA) is 29.9 Å². The normalized spacial score (nSPS) is 13.1. The van der Waals surface area contributed by atoms with Crippen molar-refractivity contribution in [2.24, 2.45) is 0 Å². The number of aromatic nitrogens is 2. The summed E-state index contributed by atoms with van der Waals surface area (Å²) in [6.45, 7) is 13.0. The molecule has 0 spiro atoms. The highest BCUT2D eigenvalue weighted by molar-refractivity contribution is 5.22.